The van der Waals surface area contributed by atoms with Crippen LogP contribution in [0.5, 0.6) is 0 Å². The highest BCUT2D eigenvalue weighted by Crippen LogP contribution is 2.16. The average molecular weight is 746 g/mol. The van der Waals surface area contributed by atoms with Crippen LogP contribution in [-0.2, 0) is 4.79 Å². The first-order valence-electron chi connectivity index (χ1n) is 23.3. The highest BCUT2D eigenvalue weighted by atomic mass is 16.3. The molecule has 3 unspecified atom stereocenters. The molecule has 0 saturated heterocycles. The second-order valence-corrected chi connectivity index (χ2v) is 16.0. The fourth-order valence-electron chi connectivity index (χ4n) is 7.04. The lowest BCUT2D eigenvalue weighted by molar-refractivity contribution is -0.131. The fraction of sp³-hybridized carbons (Fsp3) is 0.854. The Morgan fingerprint density at radius 2 is 0.774 bits per heavy atom. The van der Waals surface area contributed by atoms with Crippen molar-refractivity contribution < 1.29 is 20.1 Å². The van der Waals surface area contributed by atoms with Gasteiger partial charge in [-0.05, 0) is 44.9 Å². The zero-order valence-corrected chi connectivity index (χ0v) is 35.4. The second kappa shape index (κ2) is 43.3. The summed E-state index contributed by atoms with van der Waals surface area (Å²) < 4.78 is 0. The minimum atomic E-state index is -1.11. The van der Waals surface area contributed by atoms with E-state index in [9.17, 15) is 20.1 Å². The van der Waals surface area contributed by atoms with Crippen LogP contribution in [0.2, 0.25) is 0 Å². The summed E-state index contributed by atoms with van der Waals surface area (Å²) in [7, 11) is 0. The Hall–Kier alpha value is -1.43. The number of carbonyl (C=O) groups is 1. The van der Waals surface area contributed by atoms with Crippen molar-refractivity contribution in [2.24, 2.45) is 0 Å². The number of aliphatic hydroxyl groups excluding tert-OH is 3. The van der Waals surface area contributed by atoms with Crippen molar-refractivity contribution in [1.82, 2.24) is 5.32 Å². The molecule has 0 aromatic carbocycles. The van der Waals surface area contributed by atoms with E-state index in [1.807, 2.05) is 6.08 Å². The molecule has 0 aliphatic heterocycles. The Labute approximate surface area is 330 Å². The Morgan fingerprint density at radius 3 is 1.15 bits per heavy atom. The topological polar surface area (TPSA) is 89.8 Å². The smallest absolute Gasteiger partial charge is 0.249 e. The Balaban J connectivity index is 3.67. The predicted molar refractivity (Wildman–Crippen MR) is 231 cm³/mol. The highest BCUT2D eigenvalue weighted by Gasteiger charge is 2.22. The highest BCUT2D eigenvalue weighted by molar-refractivity contribution is 5.80. The lowest BCUT2D eigenvalue weighted by Gasteiger charge is -2.21. The van der Waals surface area contributed by atoms with Gasteiger partial charge >= 0.3 is 0 Å². The number of hydrogen-bond donors (Lipinski definition) is 4. The fourth-order valence-corrected chi connectivity index (χ4v) is 7.04. The molecule has 1 amide bonds. The number of unbranched alkanes of at least 4 members (excludes halogenated alkanes) is 30. The predicted octanol–water partition coefficient (Wildman–Crippen LogP) is 13.5. The quantitative estimate of drug-likeness (QED) is 0.0370. The summed E-state index contributed by atoms with van der Waals surface area (Å²) in [6.07, 6.45) is 54.7. The molecule has 0 spiro atoms. The SMILES string of the molecule is CCCCCCCCC/C=C/CC/C=C/CC/C=C/C(O)C(CO)NC(=O)C(O)CCCCCCCCCCCCCCCCCCCCCCCC. The lowest BCUT2D eigenvalue weighted by Crippen LogP contribution is -2.48. The molecule has 0 aliphatic rings. The normalized spacial score (nSPS) is 13.8. The maximum Gasteiger partial charge on any atom is 0.249 e. The number of aliphatic hydroxyl groups is 3. The van der Waals surface area contributed by atoms with Crippen molar-refractivity contribution in [3.63, 3.8) is 0 Å². The van der Waals surface area contributed by atoms with Gasteiger partial charge in [-0.3, -0.25) is 4.79 Å². The van der Waals surface area contributed by atoms with Gasteiger partial charge in [-0.25, -0.2) is 0 Å². The van der Waals surface area contributed by atoms with Gasteiger partial charge in [0.05, 0.1) is 18.8 Å². The van der Waals surface area contributed by atoms with Gasteiger partial charge in [0.2, 0.25) is 5.91 Å². The van der Waals surface area contributed by atoms with Crippen LogP contribution in [0.3, 0.4) is 0 Å². The molecule has 53 heavy (non-hydrogen) atoms. The molecule has 0 rings (SSSR count). The molecular formula is C48H91NO4. The molecule has 0 radical (unpaired) electrons. The second-order valence-electron chi connectivity index (χ2n) is 16.0. The molecule has 312 valence electrons. The van der Waals surface area contributed by atoms with Crippen molar-refractivity contribution >= 4 is 5.91 Å². The summed E-state index contributed by atoms with van der Waals surface area (Å²) in [5.74, 6) is -0.514. The van der Waals surface area contributed by atoms with Gasteiger partial charge < -0.3 is 20.6 Å². The van der Waals surface area contributed by atoms with E-state index in [-0.39, 0.29) is 6.61 Å². The van der Waals surface area contributed by atoms with Gasteiger partial charge in [-0.2, -0.15) is 0 Å². The van der Waals surface area contributed by atoms with E-state index in [4.69, 9.17) is 0 Å². The minimum Gasteiger partial charge on any atom is -0.394 e. The standard InChI is InChI=1S/C48H91NO4/c1-3-5-7-9-11-13-15-17-19-21-22-23-24-25-27-29-31-33-35-37-39-41-43-47(52)48(53)49-45(44-50)46(51)42-40-38-36-34-32-30-28-26-20-18-16-14-12-10-8-6-4-2/h20,26,32,34,40,42,45-47,50-52H,3-19,21-25,27-31,33,35-39,41,43-44H2,1-2H3,(H,49,53)/b26-20+,34-32+,42-40+. The molecule has 5 nitrogen and oxygen atoms in total. The van der Waals surface area contributed by atoms with Gasteiger partial charge in [-0.1, -0.05) is 230 Å². The first-order valence-corrected chi connectivity index (χ1v) is 23.3. The third-order valence-electron chi connectivity index (χ3n) is 10.7. The van der Waals surface area contributed by atoms with Gasteiger partial charge in [-0.15, -0.1) is 0 Å². The minimum absolute atomic E-state index is 0.379. The van der Waals surface area contributed by atoms with E-state index in [2.05, 4.69) is 43.5 Å². The van der Waals surface area contributed by atoms with E-state index < -0.39 is 24.2 Å². The van der Waals surface area contributed by atoms with E-state index in [1.54, 1.807) is 6.08 Å². The molecule has 5 heteroatoms. The summed E-state index contributed by atoms with van der Waals surface area (Å²) in [4.78, 5) is 12.5. The first-order chi connectivity index (χ1) is 26.1. The van der Waals surface area contributed by atoms with Crippen LogP contribution in [0.1, 0.15) is 239 Å². The number of nitrogens with one attached hydrogen (secondary N) is 1. The maximum absolute atomic E-state index is 12.5. The Bertz CT molecular complexity index is 824. The van der Waals surface area contributed by atoms with E-state index >= 15 is 0 Å². The molecule has 0 aromatic rings. The zero-order valence-electron chi connectivity index (χ0n) is 35.4. The number of allylic oxidation sites excluding steroid dienone is 5. The zero-order chi connectivity index (χ0) is 38.7. The summed E-state index contributed by atoms with van der Waals surface area (Å²) in [5.41, 5.74) is 0. The summed E-state index contributed by atoms with van der Waals surface area (Å²) in [6, 6.07) is -0.818. The molecule has 4 N–H and O–H groups in total. The summed E-state index contributed by atoms with van der Waals surface area (Å²) in [5, 5.41) is 33.1. The molecule has 0 aliphatic carbocycles. The molecule has 0 bridgehead atoms. The van der Waals surface area contributed by atoms with Gasteiger partial charge in [0.15, 0.2) is 0 Å². The molecule has 0 saturated carbocycles. The molecular weight excluding hydrogens is 655 g/mol. The number of hydrogen-bond acceptors (Lipinski definition) is 4. The van der Waals surface area contributed by atoms with Gasteiger partial charge in [0, 0.05) is 0 Å². The van der Waals surface area contributed by atoms with Crippen molar-refractivity contribution in [1.29, 1.82) is 0 Å². The first kappa shape index (κ1) is 51.6. The number of amides is 1. The number of carbonyl (C=O) groups excluding carboxylic acids is 1. The molecule has 0 fully saturated rings. The van der Waals surface area contributed by atoms with E-state index in [0.717, 1.165) is 44.9 Å². The van der Waals surface area contributed by atoms with E-state index in [0.29, 0.717) is 6.42 Å². The maximum atomic E-state index is 12.5. The summed E-state index contributed by atoms with van der Waals surface area (Å²) in [6.45, 7) is 4.17. The molecule has 0 aromatic heterocycles. The van der Waals surface area contributed by atoms with Crippen molar-refractivity contribution in [2.75, 3.05) is 6.61 Å². The third kappa shape index (κ3) is 38.6. The summed E-state index contributed by atoms with van der Waals surface area (Å²) >= 11 is 0. The van der Waals surface area contributed by atoms with E-state index in [1.165, 1.54) is 173 Å². The van der Waals surface area contributed by atoms with Crippen LogP contribution < -0.4 is 5.32 Å². The average Bonchev–Trinajstić information content (AvgIpc) is 3.16. The Kier molecular flexibility index (Phi) is 42.1. The largest absolute Gasteiger partial charge is 0.394 e. The van der Waals surface area contributed by atoms with Gasteiger partial charge in [0.1, 0.15) is 6.10 Å². The van der Waals surface area contributed by atoms with Crippen molar-refractivity contribution in [3.8, 4) is 0 Å². The molecule has 0 heterocycles. The Morgan fingerprint density at radius 1 is 0.453 bits per heavy atom. The number of rotatable bonds is 42. The van der Waals surface area contributed by atoms with Crippen LogP contribution in [-0.4, -0.2) is 46.1 Å². The van der Waals surface area contributed by atoms with Gasteiger partial charge in [0.25, 0.3) is 0 Å². The van der Waals surface area contributed by atoms with Crippen molar-refractivity contribution in [3.05, 3.63) is 36.5 Å². The third-order valence-corrected chi connectivity index (χ3v) is 10.7. The van der Waals surface area contributed by atoms with Crippen LogP contribution in [0.4, 0.5) is 0 Å². The van der Waals surface area contributed by atoms with Crippen LogP contribution in [0.25, 0.3) is 0 Å². The van der Waals surface area contributed by atoms with Crippen LogP contribution in [0.15, 0.2) is 36.5 Å². The molecule has 3 atom stereocenters. The monoisotopic (exact) mass is 746 g/mol. The van der Waals surface area contributed by atoms with Crippen LogP contribution >= 0.6 is 0 Å². The lowest BCUT2D eigenvalue weighted by atomic mass is 10.0. The van der Waals surface area contributed by atoms with Crippen LogP contribution in [0, 0.1) is 0 Å². The van der Waals surface area contributed by atoms with Crippen molar-refractivity contribution in [2.45, 2.75) is 257 Å².